The Bertz CT molecular complexity index is 867. The van der Waals surface area contributed by atoms with Crippen LogP contribution in [-0.2, 0) is 4.74 Å². The number of amides is 1. The largest absolute Gasteiger partial charge is 0.497 e. The Kier molecular flexibility index (Phi) is 9.78. The summed E-state index contributed by atoms with van der Waals surface area (Å²) in [5, 5.41) is 2.93. The van der Waals surface area contributed by atoms with Crippen molar-refractivity contribution in [1.29, 1.82) is 0 Å². The number of carbonyl (C=O) groups excluding carboxylic acids is 2. The lowest BCUT2D eigenvalue weighted by Gasteiger charge is -2.26. The van der Waals surface area contributed by atoms with Gasteiger partial charge in [0.05, 0.1) is 33.0 Å². The second-order valence-electron chi connectivity index (χ2n) is 7.04. The third-order valence-corrected chi connectivity index (χ3v) is 5.10. The van der Waals surface area contributed by atoms with Crippen LogP contribution in [0.15, 0.2) is 42.5 Å². The second-order valence-corrected chi connectivity index (χ2v) is 7.04. The average molecular weight is 449 g/mol. The number of ether oxygens (including phenoxy) is 3. The van der Waals surface area contributed by atoms with Crippen LogP contribution in [0.3, 0.4) is 0 Å². The van der Waals surface area contributed by atoms with Crippen LogP contribution in [0.25, 0.3) is 0 Å². The number of methoxy groups -OCH3 is 2. The predicted octanol–water partition coefficient (Wildman–Crippen LogP) is 2.81. The highest BCUT2D eigenvalue weighted by Gasteiger charge is 2.16. The summed E-state index contributed by atoms with van der Waals surface area (Å²) in [4.78, 5) is 27.6. The molecule has 7 nitrogen and oxygen atoms in total. The summed E-state index contributed by atoms with van der Waals surface area (Å²) in [6, 6.07) is 11.7. The van der Waals surface area contributed by atoms with Gasteiger partial charge in [-0.05, 0) is 43.3 Å². The van der Waals surface area contributed by atoms with Gasteiger partial charge in [-0.15, -0.1) is 12.4 Å². The molecule has 1 aliphatic heterocycles. The first-order chi connectivity index (χ1) is 14.6. The molecule has 0 spiro atoms. The molecular weight excluding hydrogens is 420 g/mol. The van der Waals surface area contributed by atoms with E-state index in [9.17, 15) is 9.59 Å². The molecule has 168 valence electrons. The number of benzene rings is 2. The number of nitrogens with one attached hydrogen (secondary N) is 1. The molecule has 0 saturated carbocycles. The zero-order chi connectivity index (χ0) is 21.3. The first kappa shape index (κ1) is 24.7. The van der Waals surface area contributed by atoms with Gasteiger partial charge >= 0.3 is 0 Å². The third-order valence-electron chi connectivity index (χ3n) is 5.10. The number of nitrogens with zero attached hydrogens (tertiary/aromatic N) is 1. The molecule has 1 amide bonds. The van der Waals surface area contributed by atoms with E-state index in [4.69, 9.17) is 14.2 Å². The lowest BCUT2D eigenvalue weighted by molar-refractivity contribution is 0.0374. The van der Waals surface area contributed by atoms with Crippen LogP contribution in [0.2, 0.25) is 0 Å². The molecule has 3 rings (SSSR count). The Hall–Kier alpha value is -2.61. The third kappa shape index (κ3) is 6.69. The highest BCUT2D eigenvalue weighted by atomic mass is 35.5. The van der Waals surface area contributed by atoms with Gasteiger partial charge in [-0.3, -0.25) is 14.5 Å². The van der Waals surface area contributed by atoms with Crippen LogP contribution in [0.5, 0.6) is 11.5 Å². The zero-order valence-corrected chi connectivity index (χ0v) is 18.7. The fourth-order valence-corrected chi connectivity index (χ4v) is 3.35. The molecule has 1 N–H and O–H groups in total. The van der Waals surface area contributed by atoms with Crippen molar-refractivity contribution < 1.29 is 23.8 Å². The van der Waals surface area contributed by atoms with Crippen molar-refractivity contribution in [2.45, 2.75) is 6.42 Å². The van der Waals surface area contributed by atoms with Gasteiger partial charge in [0.2, 0.25) is 0 Å². The van der Waals surface area contributed by atoms with Crippen LogP contribution in [0.4, 0.5) is 0 Å². The quantitative estimate of drug-likeness (QED) is 0.469. The monoisotopic (exact) mass is 448 g/mol. The molecule has 0 aromatic heterocycles. The molecule has 1 aliphatic rings. The van der Waals surface area contributed by atoms with Crippen molar-refractivity contribution in [3.8, 4) is 11.5 Å². The maximum Gasteiger partial charge on any atom is 0.251 e. The van der Waals surface area contributed by atoms with Crippen molar-refractivity contribution >= 4 is 24.1 Å². The maximum absolute atomic E-state index is 12.9. The number of morpholine rings is 1. The summed E-state index contributed by atoms with van der Waals surface area (Å²) in [6.45, 7) is 5.00. The SMILES string of the molecule is COc1ccc(OC)c(C(=O)c2ccc(C(=O)NCCCN3CCOCC3)cc2)c1.Cl. The highest BCUT2D eigenvalue weighted by Crippen LogP contribution is 2.26. The van der Waals surface area contributed by atoms with E-state index in [1.165, 1.54) is 7.11 Å². The Morgan fingerprint density at radius 1 is 1.00 bits per heavy atom. The standard InChI is InChI=1S/C23H28N2O5.ClH/c1-28-19-8-9-21(29-2)20(16-19)22(26)17-4-6-18(7-5-17)23(27)24-10-3-11-25-12-14-30-15-13-25;/h4-9,16H,3,10-15H2,1-2H3,(H,24,27);1H. The molecule has 0 unspecified atom stereocenters. The molecule has 1 heterocycles. The van der Waals surface area contributed by atoms with Gasteiger partial charge in [0.25, 0.3) is 5.91 Å². The molecular formula is C23H29ClN2O5. The Morgan fingerprint density at radius 2 is 1.68 bits per heavy atom. The first-order valence-electron chi connectivity index (χ1n) is 10.1. The van der Waals surface area contributed by atoms with E-state index < -0.39 is 0 Å². The molecule has 2 aromatic carbocycles. The van der Waals surface area contributed by atoms with E-state index in [-0.39, 0.29) is 24.1 Å². The topological polar surface area (TPSA) is 77.1 Å². The zero-order valence-electron chi connectivity index (χ0n) is 17.9. The number of hydrogen-bond donors (Lipinski definition) is 1. The number of rotatable bonds is 9. The van der Waals surface area contributed by atoms with E-state index in [1.807, 2.05) is 0 Å². The van der Waals surface area contributed by atoms with E-state index >= 15 is 0 Å². The molecule has 1 saturated heterocycles. The molecule has 1 fully saturated rings. The van der Waals surface area contributed by atoms with Gasteiger partial charge in [-0.1, -0.05) is 12.1 Å². The van der Waals surface area contributed by atoms with Gasteiger partial charge in [-0.25, -0.2) is 0 Å². The Labute approximate surface area is 189 Å². The lowest BCUT2D eigenvalue weighted by Crippen LogP contribution is -2.38. The maximum atomic E-state index is 12.9. The van der Waals surface area contributed by atoms with E-state index in [0.29, 0.717) is 34.7 Å². The number of ketones is 1. The Balaban J connectivity index is 0.00000341. The smallest absolute Gasteiger partial charge is 0.251 e. The minimum Gasteiger partial charge on any atom is -0.497 e. The van der Waals surface area contributed by atoms with Crippen molar-refractivity contribution in [3.63, 3.8) is 0 Å². The van der Waals surface area contributed by atoms with Gasteiger partial charge in [0, 0.05) is 30.8 Å². The van der Waals surface area contributed by atoms with E-state index in [1.54, 1.807) is 49.6 Å². The van der Waals surface area contributed by atoms with Crippen LogP contribution >= 0.6 is 12.4 Å². The van der Waals surface area contributed by atoms with Crippen LogP contribution in [0.1, 0.15) is 32.7 Å². The molecule has 0 radical (unpaired) electrons. The molecule has 0 atom stereocenters. The summed E-state index contributed by atoms with van der Waals surface area (Å²) >= 11 is 0. The van der Waals surface area contributed by atoms with Crippen molar-refractivity contribution in [2.24, 2.45) is 0 Å². The van der Waals surface area contributed by atoms with Crippen LogP contribution < -0.4 is 14.8 Å². The summed E-state index contributed by atoms with van der Waals surface area (Å²) in [6.07, 6.45) is 0.887. The van der Waals surface area contributed by atoms with Crippen LogP contribution in [0, 0.1) is 0 Å². The normalized spacial score (nSPS) is 13.7. The summed E-state index contributed by atoms with van der Waals surface area (Å²) < 4.78 is 15.8. The number of carbonyl (C=O) groups is 2. The highest BCUT2D eigenvalue weighted by molar-refractivity contribution is 6.11. The average Bonchev–Trinajstić information content (AvgIpc) is 2.81. The van der Waals surface area contributed by atoms with E-state index in [0.717, 1.165) is 39.3 Å². The fourth-order valence-electron chi connectivity index (χ4n) is 3.35. The molecule has 0 bridgehead atoms. The molecule has 31 heavy (non-hydrogen) atoms. The Morgan fingerprint density at radius 3 is 2.32 bits per heavy atom. The summed E-state index contributed by atoms with van der Waals surface area (Å²) in [7, 11) is 3.06. The predicted molar refractivity (Wildman–Crippen MR) is 121 cm³/mol. The molecule has 8 heteroatoms. The van der Waals surface area contributed by atoms with Crippen molar-refractivity contribution in [2.75, 3.05) is 53.6 Å². The van der Waals surface area contributed by atoms with Gasteiger partial charge < -0.3 is 19.5 Å². The fraction of sp³-hybridized carbons (Fsp3) is 0.391. The summed E-state index contributed by atoms with van der Waals surface area (Å²) in [5.41, 5.74) is 1.41. The van der Waals surface area contributed by atoms with Crippen LogP contribution in [-0.4, -0.2) is 70.2 Å². The van der Waals surface area contributed by atoms with Gasteiger partial charge in [0.15, 0.2) is 5.78 Å². The van der Waals surface area contributed by atoms with Crippen molar-refractivity contribution in [1.82, 2.24) is 10.2 Å². The number of halogens is 1. The number of hydrogen-bond acceptors (Lipinski definition) is 6. The molecule has 2 aromatic rings. The minimum absolute atomic E-state index is 0. The van der Waals surface area contributed by atoms with Gasteiger partial charge in [-0.2, -0.15) is 0 Å². The second kappa shape index (κ2) is 12.3. The van der Waals surface area contributed by atoms with Gasteiger partial charge in [0.1, 0.15) is 11.5 Å². The minimum atomic E-state index is -0.191. The lowest BCUT2D eigenvalue weighted by atomic mass is 10.0. The van der Waals surface area contributed by atoms with Crippen molar-refractivity contribution in [3.05, 3.63) is 59.2 Å². The summed E-state index contributed by atoms with van der Waals surface area (Å²) in [5.74, 6) is 0.716. The first-order valence-corrected chi connectivity index (χ1v) is 10.1. The van der Waals surface area contributed by atoms with E-state index in [2.05, 4.69) is 10.2 Å². The molecule has 0 aliphatic carbocycles.